The van der Waals surface area contributed by atoms with Crippen LogP contribution in [-0.4, -0.2) is 61.4 Å². The van der Waals surface area contributed by atoms with Crippen molar-refractivity contribution in [2.75, 3.05) is 45.5 Å². The van der Waals surface area contributed by atoms with E-state index < -0.39 is 0 Å². The van der Waals surface area contributed by atoms with Crippen LogP contribution in [0.1, 0.15) is 15.9 Å². The highest BCUT2D eigenvalue weighted by molar-refractivity contribution is 5.96. The lowest BCUT2D eigenvalue weighted by Crippen LogP contribution is -2.51. The maximum absolute atomic E-state index is 12.5. The Kier molecular flexibility index (Phi) is 4.80. The Hall–Kier alpha value is -2.08. The number of nitrogens with zero attached hydrogens (tertiary/aromatic N) is 2. The predicted molar refractivity (Wildman–Crippen MR) is 82.0 cm³/mol. The second-order valence-corrected chi connectivity index (χ2v) is 5.32. The van der Waals surface area contributed by atoms with Gasteiger partial charge in [-0.3, -0.25) is 14.5 Å². The Morgan fingerprint density at radius 2 is 1.90 bits per heavy atom. The molecule has 1 heterocycles. The Bertz CT molecular complexity index is 536. The fourth-order valence-corrected chi connectivity index (χ4v) is 2.43. The number of benzene rings is 1. The third kappa shape index (κ3) is 3.72. The van der Waals surface area contributed by atoms with E-state index in [9.17, 15) is 9.59 Å². The largest absolute Gasteiger partial charge is 0.399 e. The molecule has 0 unspecified atom stereocenters. The fourth-order valence-electron chi connectivity index (χ4n) is 2.43. The molecule has 0 spiro atoms. The Labute approximate surface area is 124 Å². The van der Waals surface area contributed by atoms with E-state index in [0.717, 1.165) is 5.56 Å². The minimum Gasteiger partial charge on any atom is -0.399 e. The Balaban J connectivity index is 1.97. The van der Waals surface area contributed by atoms with Gasteiger partial charge in [-0.1, -0.05) is 6.07 Å². The van der Waals surface area contributed by atoms with E-state index in [-0.39, 0.29) is 11.8 Å². The van der Waals surface area contributed by atoms with Gasteiger partial charge in [0.2, 0.25) is 5.91 Å². The molecule has 0 aromatic heterocycles. The Morgan fingerprint density at radius 1 is 1.24 bits per heavy atom. The zero-order valence-electron chi connectivity index (χ0n) is 12.6. The molecule has 6 nitrogen and oxygen atoms in total. The maximum atomic E-state index is 12.5. The third-order valence-electron chi connectivity index (χ3n) is 3.80. The molecule has 21 heavy (non-hydrogen) atoms. The van der Waals surface area contributed by atoms with Crippen LogP contribution in [0.4, 0.5) is 5.69 Å². The van der Waals surface area contributed by atoms with Crippen molar-refractivity contribution in [3.8, 4) is 0 Å². The van der Waals surface area contributed by atoms with E-state index in [2.05, 4.69) is 10.2 Å². The van der Waals surface area contributed by atoms with E-state index >= 15 is 0 Å². The van der Waals surface area contributed by atoms with Crippen molar-refractivity contribution >= 4 is 17.5 Å². The molecule has 1 saturated heterocycles. The molecule has 0 saturated carbocycles. The summed E-state index contributed by atoms with van der Waals surface area (Å²) in [6, 6.07) is 5.40. The molecule has 1 fully saturated rings. The number of nitrogen functional groups attached to an aromatic ring is 1. The molecule has 0 bridgehead atoms. The molecule has 0 aliphatic carbocycles. The molecule has 6 heteroatoms. The van der Waals surface area contributed by atoms with Gasteiger partial charge >= 0.3 is 0 Å². The number of rotatable bonds is 3. The van der Waals surface area contributed by atoms with Crippen LogP contribution in [0.3, 0.4) is 0 Å². The van der Waals surface area contributed by atoms with Crippen LogP contribution in [0.5, 0.6) is 0 Å². The molecule has 3 N–H and O–H groups in total. The monoisotopic (exact) mass is 290 g/mol. The lowest BCUT2D eigenvalue weighted by Gasteiger charge is -2.34. The second kappa shape index (κ2) is 6.58. The van der Waals surface area contributed by atoms with Crippen molar-refractivity contribution in [1.82, 2.24) is 15.1 Å². The number of hydrogen-bond donors (Lipinski definition) is 2. The Morgan fingerprint density at radius 3 is 2.52 bits per heavy atom. The highest BCUT2D eigenvalue weighted by Crippen LogP contribution is 2.16. The number of piperazine rings is 1. The zero-order chi connectivity index (χ0) is 15.4. The van der Waals surface area contributed by atoms with Crippen LogP contribution in [0.2, 0.25) is 0 Å². The number of carbonyl (C=O) groups excluding carboxylic acids is 2. The molecule has 2 rings (SSSR count). The van der Waals surface area contributed by atoms with Crippen molar-refractivity contribution in [3.63, 3.8) is 0 Å². The number of hydrogen-bond acceptors (Lipinski definition) is 4. The molecule has 0 atom stereocenters. The average Bonchev–Trinajstić information content (AvgIpc) is 2.49. The highest BCUT2D eigenvalue weighted by Gasteiger charge is 2.24. The van der Waals surface area contributed by atoms with E-state index in [4.69, 9.17) is 5.73 Å². The summed E-state index contributed by atoms with van der Waals surface area (Å²) in [6.07, 6.45) is 0. The van der Waals surface area contributed by atoms with Crippen LogP contribution < -0.4 is 11.1 Å². The molecular weight excluding hydrogens is 268 g/mol. The molecular formula is C15H22N4O2. The average molecular weight is 290 g/mol. The van der Waals surface area contributed by atoms with Crippen LogP contribution in [0.15, 0.2) is 18.2 Å². The lowest BCUT2D eigenvalue weighted by atomic mass is 10.1. The van der Waals surface area contributed by atoms with Gasteiger partial charge in [0, 0.05) is 44.5 Å². The third-order valence-corrected chi connectivity index (χ3v) is 3.80. The molecule has 0 radical (unpaired) electrons. The number of likely N-dealkylation sites (N-methyl/N-ethyl adjacent to an activating group) is 1. The summed E-state index contributed by atoms with van der Waals surface area (Å²) in [4.78, 5) is 27.8. The smallest absolute Gasteiger partial charge is 0.254 e. The summed E-state index contributed by atoms with van der Waals surface area (Å²) in [5.41, 5.74) is 7.96. The quantitative estimate of drug-likeness (QED) is 0.773. The van der Waals surface area contributed by atoms with Crippen LogP contribution in [0, 0.1) is 6.92 Å². The number of nitrogens with two attached hydrogens (primary N) is 1. The van der Waals surface area contributed by atoms with Gasteiger partial charge in [0.15, 0.2) is 0 Å². The SMILES string of the molecule is CNC(=O)CN1CCN(C(=O)c2cc(N)ccc2C)CC1. The number of amides is 2. The fraction of sp³-hybridized carbons (Fsp3) is 0.467. The molecule has 1 aromatic carbocycles. The number of aryl methyl sites for hydroxylation is 1. The highest BCUT2D eigenvalue weighted by atomic mass is 16.2. The van der Waals surface area contributed by atoms with Crippen molar-refractivity contribution < 1.29 is 9.59 Å². The van der Waals surface area contributed by atoms with Gasteiger partial charge in [-0.05, 0) is 24.6 Å². The molecule has 1 aliphatic heterocycles. The van der Waals surface area contributed by atoms with Crippen molar-refractivity contribution in [3.05, 3.63) is 29.3 Å². The molecule has 2 amide bonds. The summed E-state index contributed by atoms with van der Waals surface area (Å²) in [5.74, 6) is 0.0147. The van der Waals surface area contributed by atoms with Crippen molar-refractivity contribution in [2.24, 2.45) is 0 Å². The maximum Gasteiger partial charge on any atom is 0.254 e. The van der Waals surface area contributed by atoms with Gasteiger partial charge in [-0.15, -0.1) is 0 Å². The minimum absolute atomic E-state index is 0.00135. The van der Waals surface area contributed by atoms with Crippen molar-refractivity contribution in [2.45, 2.75) is 6.92 Å². The first-order chi connectivity index (χ1) is 10.0. The van der Waals surface area contributed by atoms with Gasteiger partial charge in [0.1, 0.15) is 0 Å². The summed E-state index contributed by atoms with van der Waals surface area (Å²) in [6.45, 7) is 4.97. The normalized spacial score (nSPS) is 15.8. The van der Waals surface area contributed by atoms with E-state index in [1.807, 2.05) is 17.9 Å². The number of carbonyl (C=O) groups is 2. The van der Waals surface area contributed by atoms with Gasteiger partial charge in [0.05, 0.1) is 6.54 Å². The van der Waals surface area contributed by atoms with Gasteiger partial charge in [-0.25, -0.2) is 0 Å². The first-order valence-corrected chi connectivity index (χ1v) is 7.09. The zero-order valence-corrected chi connectivity index (χ0v) is 12.6. The van der Waals surface area contributed by atoms with Crippen LogP contribution in [0.25, 0.3) is 0 Å². The van der Waals surface area contributed by atoms with Gasteiger partial charge < -0.3 is 16.0 Å². The minimum atomic E-state index is 0.00135. The van der Waals surface area contributed by atoms with E-state index in [1.54, 1.807) is 19.2 Å². The van der Waals surface area contributed by atoms with Gasteiger partial charge in [-0.2, -0.15) is 0 Å². The summed E-state index contributed by atoms with van der Waals surface area (Å²) in [7, 11) is 1.63. The summed E-state index contributed by atoms with van der Waals surface area (Å²) in [5, 5.41) is 2.61. The predicted octanol–water partition coefficient (Wildman–Crippen LogP) is 0.0810. The first kappa shape index (κ1) is 15.3. The van der Waals surface area contributed by atoms with E-state index in [0.29, 0.717) is 44.0 Å². The first-order valence-electron chi connectivity index (χ1n) is 7.09. The topological polar surface area (TPSA) is 78.7 Å². The number of nitrogens with one attached hydrogen (secondary N) is 1. The lowest BCUT2D eigenvalue weighted by molar-refractivity contribution is -0.122. The van der Waals surface area contributed by atoms with Gasteiger partial charge in [0.25, 0.3) is 5.91 Å². The van der Waals surface area contributed by atoms with Crippen LogP contribution in [-0.2, 0) is 4.79 Å². The van der Waals surface area contributed by atoms with Crippen LogP contribution >= 0.6 is 0 Å². The molecule has 1 aliphatic rings. The van der Waals surface area contributed by atoms with E-state index in [1.165, 1.54) is 0 Å². The second-order valence-electron chi connectivity index (χ2n) is 5.32. The standard InChI is InChI=1S/C15H22N4O2/c1-11-3-4-12(16)9-13(11)15(21)19-7-5-18(6-8-19)10-14(20)17-2/h3-4,9H,5-8,10,16H2,1-2H3,(H,17,20). The summed E-state index contributed by atoms with van der Waals surface area (Å²) >= 11 is 0. The number of anilines is 1. The van der Waals surface area contributed by atoms with Crippen molar-refractivity contribution in [1.29, 1.82) is 0 Å². The molecule has 114 valence electrons. The molecule has 1 aromatic rings. The summed E-state index contributed by atoms with van der Waals surface area (Å²) < 4.78 is 0.